The lowest BCUT2D eigenvalue weighted by atomic mass is 9.92. The lowest BCUT2D eigenvalue weighted by molar-refractivity contribution is -0.0796. The van der Waals surface area contributed by atoms with E-state index in [2.05, 4.69) is 27.7 Å². The number of rotatable bonds is 8. The van der Waals surface area contributed by atoms with Crippen molar-refractivity contribution in [2.45, 2.75) is 45.4 Å². The van der Waals surface area contributed by atoms with Gasteiger partial charge in [0.1, 0.15) is 11.4 Å². The number of aryl methyl sites for hydroxylation is 1. The Morgan fingerprint density at radius 2 is 1.75 bits per heavy atom. The minimum absolute atomic E-state index is 0.0522. The Bertz CT molecular complexity index is 1320. The van der Waals surface area contributed by atoms with Crippen molar-refractivity contribution in [1.29, 1.82) is 0 Å². The first-order valence-corrected chi connectivity index (χ1v) is 13.7. The molecule has 0 bridgehead atoms. The molecule has 2 heterocycles. The molecule has 9 heteroatoms. The summed E-state index contributed by atoms with van der Waals surface area (Å²) in [5.41, 5.74) is 0.172. The highest BCUT2D eigenvalue weighted by Crippen LogP contribution is 2.31. The molecule has 0 aliphatic carbocycles. The van der Waals surface area contributed by atoms with Crippen LogP contribution in [0.1, 0.15) is 41.8 Å². The predicted molar refractivity (Wildman–Crippen MR) is 151 cm³/mol. The summed E-state index contributed by atoms with van der Waals surface area (Å²) in [6.45, 7) is 8.84. The van der Waals surface area contributed by atoms with Crippen LogP contribution in [0.3, 0.4) is 0 Å². The SMILES string of the molecule is CC.Cc1ccc(Nc2c(C(=O)N3CC(O)(CNC4CCN(Cc5ccccc5)C4)C3)ccc(F)c2F)c(F)c1. The highest BCUT2D eigenvalue weighted by Gasteiger charge is 2.44. The van der Waals surface area contributed by atoms with Gasteiger partial charge in [-0.25, -0.2) is 13.2 Å². The maximum absolute atomic E-state index is 14.7. The molecule has 0 spiro atoms. The molecule has 3 N–H and O–H groups in total. The molecule has 5 rings (SSSR count). The molecule has 1 atom stereocenters. The minimum Gasteiger partial charge on any atom is -0.385 e. The molecule has 2 aliphatic heterocycles. The molecule has 2 aliphatic rings. The van der Waals surface area contributed by atoms with E-state index in [0.717, 1.165) is 32.1 Å². The molecule has 40 heavy (non-hydrogen) atoms. The van der Waals surface area contributed by atoms with Crippen LogP contribution in [0.4, 0.5) is 24.5 Å². The number of hydrogen-bond acceptors (Lipinski definition) is 5. The van der Waals surface area contributed by atoms with Crippen molar-refractivity contribution in [3.05, 3.63) is 94.8 Å². The maximum atomic E-state index is 14.7. The van der Waals surface area contributed by atoms with Crippen LogP contribution in [0, 0.1) is 24.4 Å². The third-order valence-corrected chi connectivity index (χ3v) is 7.21. The van der Waals surface area contributed by atoms with E-state index in [1.54, 1.807) is 13.0 Å². The van der Waals surface area contributed by atoms with Crippen LogP contribution in [0.15, 0.2) is 60.7 Å². The zero-order valence-electron chi connectivity index (χ0n) is 23.2. The molecular weight excluding hydrogens is 517 g/mol. The number of nitrogens with one attached hydrogen (secondary N) is 2. The largest absolute Gasteiger partial charge is 0.385 e. The van der Waals surface area contributed by atoms with E-state index in [1.807, 2.05) is 32.0 Å². The summed E-state index contributed by atoms with van der Waals surface area (Å²) in [5, 5.41) is 16.9. The first-order valence-electron chi connectivity index (χ1n) is 13.7. The second-order valence-corrected chi connectivity index (χ2v) is 10.4. The Hall–Kier alpha value is -3.40. The molecular formula is C31H37F3N4O2. The van der Waals surface area contributed by atoms with Crippen molar-refractivity contribution >= 4 is 17.3 Å². The van der Waals surface area contributed by atoms with E-state index >= 15 is 0 Å². The van der Waals surface area contributed by atoms with Crippen molar-refractivity contribution in [1.82, 2.24) is 15.1 Å². The number of halogens is 3. The second-order valence-electron chi connectivity index (χ2n) is 10.4. The first kappa shape index (κ1) is 29.6. The lowest BCUT2D eigenvalue weighted by Crippen LogP contribution is -2.67. The summed E-state index contributed by atoms with van der Waals surface area (Å²) >= 11 is 0. The van der Waals surface area contributed by atoms with E-state index in [-0.39, 0.29) is 30.4 Å². The number of likely N-dealkylation sites (tertiary alicyclic amines) is 2. The Kier molecular flexibility index (Phi) is 9.50. The zero-order valence-corrected chi connectivity index (χ0v) is 23.2. The fourth-order valence-electron chi connectivity index (χ4n) is 5.12. The molecule has 0 radical (unpaired) electrons. The zero-order chi connectivity index (χ0) is 28.9. The van der Waals surface area contributed by atoms with Gasteiger partial charge in [-0.2, -0.15) is 0 Å². The third-order valence-electron chi connectivity index (χ3n) is 7.21. The number of benzene rings is 3. The average molecular weight is 555 g/mol. The number of carbonyl (C=O) groups excluding carboxylic acids is 1. The fraction of sp³-hybridized carbons (Fsp3) is 0.387. The Morgan fingerprint density at radius 3 is 2.45 bits per heavy atom. The number of aliphatic hydroxyl groups is 1. The molecule has 3 aromatic carbocycles. The van der Waals surface area contributed by atoms with Gasteiger partial charge < -0.3 is 20.6 Å². The molecule has 6 nitrogen and oxygen atoms in total. The van der Waals surface area contributed by atoms with Crippen molar-refractivity contribution < 1.29 is 23.1 Å². The van der Waals surface area contributed by atoms with Gasteiger partial charge in [0.25, 0.3) is 5.91 Å². The fourth-order valence-corrected chi connectivity index (χ4v) is 5.12. The molecule has 1 unspecified atom stereocenters. The Labute approximate surface area is 233 Å². The van der Waals surface area contributed by atoms with Crippen LogP contribution in [0.25, 0.3) is 0 Å². The molecule has 1 amide bonds. The van der Waals surface area contributed by atoms with Crippen LogP contribution >= 0.6 is 0 Å². The van der Waals surface area contributed by atoms with Gasteiger partial charge in [0.05, 0.1) is 30.0 Å². The number of carbonyl (C=O) groups is 1. The quantitative estimate of drug-likeness (QED) is 0.356. The molecule has 0 saturated carbocycles. The predicted octanol–water partition coefficient (Wildman–Crippen LogP) is 5.23. The van der Waals surface area contributed by atoms with Gasteiger partial charge >= 0.3 is 0 Å². The number of nitrogens with zero attached hydrogens (tertiary/aromatic N) is 2. The van der Waals surface area contributed by atoms with Crippen molar-refractivity contribution in [2.75, 3.05) is 38.0 Å². The van der Waals surface area contributed by atoms with Gasteiger partial charge in [-0.3, -0.25) is 9.69 Å². The highest BCUT2D eigenvalue weighted by atomic mass is 19.2. The normalized spacial score (nSPS) is 18.1. The van der Waals surface area contributed by atoms with Crippen LogP contribution in [-0.2, 0) is 6.54 Å². The van der Waals surface area contributed by atoms with Gasteiger partial charge in [-0.05, 0) is 48.7 Å². The maximum Gasteiger partial charge on any atom is 0.256 e. The van der Waals surface area contributed by atoms with Gasteiger partial charge in [0.2, 0.25) is 0 Å². The first-order chi connectivity index (χ1) is 19.2. The van der Waals surface area contributed by atoms with E-state index in [4.69, 9.17) is 0 Å². The van der Waals surface area contributed by atoms with E-state index < -0.39 is 34.6 Å². The third kappa shape index (κ3) is 6.83. The topological polar surface area (TPSA) is 67.8 Å². The number of amides is 1. The summed E-state index contributed by atoms with van der Waals surface area (Å²) in [5.74, 6) is -3.64. The summed E-state index contributed by atoms with van der Waals surface area (Å²) in [4.78, 5) is 16.9. The van der Waals surface area contributed by atoms with Crippen LogP contribution in [0.5, 0.6) is 0 Å². The molecule has 0 aromatic heterocycles. The van der Waals surface area contributed by atoms with E-state index in [1.165, 1.54) is 28.7 Å². The average Bonchev–Trinajstić information content (AvgIpc) is 3.38. The number of hydrogen-bond donors (Lipinski definition) is 3. The second kappa shape index (κ2) is 12.8. The minimum atomic E-state index is -1.27. The molecule has 214 valence electrons. The van der Waals surface area contributed by atoms with E-state index in [9.17, 15) is 23.1 Å². The summed E-state index contributed by atoms with van der Waals surface area (Å²) < 4.78 is 43.1. The van der Waals surface area contributed by atoms with Gasteiger partial charge in [0, 0.05) is 32.2 Å². The van der Waals surface area contributed by atoms with Gasteiger partial charge in [0.15, 0.2) is 11.6 Å². The standard InChI is InChI=1S/C29H31F3N4O2.C2H6/c1-19-7-10-25(24(31)13-19)34-27-22(8-9-23(30)26(27)32)28(37)36-17-29(38,18-36)16-33-21-11-12-35(15-21)14-20-5-3-2-4-6-20;1-2/h2-10,13,21,33-34,38H,11-12,14-18H2,1H3;1-2H3. The van der Waals surface area contributed by atoms with Crippen molar-refractivity contribution in [2.24, 2.45) is 0 Å². The number of β-amino-alcohol motifs (C(OH)–C–C–N with tert-alkyl or cyclic N) is 1. The summed E-state index contributed by atoms with van der Waals surface area (Å²) in [6, 6.07) is 16.8. The molecule has 3 aromatic rings. The summed E-state index contributed by atoms with van der Waals surface area (Å²) in [7, 11) is 0. The van der Waals surface area contributed by atoms with Gasteiger partial charge in [-0.1, -0.05) is 50.2 Å². The number of anilines is 2. The van der Waals surface area contributed by atoms with Crippen LogP contribution < -0.4 is 10.6 Å². The van der Waals surface area contributed by atoms with Crippen LogP contribution in [0.2, 0.25) is 0 Å². The Morgan fingerprint density at radius 1 is 1.02 bits per heavy atom. The van der Waals surface area contributed by atoms with Gasteiger partial charge in [-0.15, -0.1) is 0 Å². The summed E-state index contributed by atoms with van der Waals surface area (Å²) in [6.07, 6.45) is 0.963. The Balaban J connectivity index is 0.00000181. The van der Waals surface area contributed by atoms with Crippen molar-refractivity contribution in [3.8, 4) is 0 Å². The monoisotopic (exact) mass is 554 g/mol. The molecule has 2 fully saturated rings. The van der Waals surface area contributed by atoms with Crippen LogP contribution in [-0.4, -0.2) is 65.2 Å². The highest BCUT2D eigenvalue weighted by molar-refractivity contribution is 6.01. The smallest absolute Gasteiger partial charge is 0.256 e. The van der Waals surface area contributed by atoms with E-state index in [0.29, 0.717) is 12.1 Å². The molecule has 2 saturated heterocycles. The van der Waals surface area contributed by atoms with Crippen molar-refractivity contribution in [3.63, 3.8) is 0 Å². The lowest BCUT2D eigenvalue weighted by Gasteiger charge is -2.47.